The third kappa shape index (κ3) is 3.46. The van der Waals surface area contributed by atoms with Gasteiger partial charge in [-0.25, -0.2) is 13.4 Å². The second-order valence-electron chi connectivity index (χ2n) is 6.92. The fourth-order valence-electron chi connectivity index (χ4n) is 4.02. The van der Waals surface area contributed by atoms with Gasteiger partial charge in [-0.1, -0.05) is 0 Å². The van der Waals surface area contributed by atoms with Crippen molar-refractivity contribution in [1.82, 2.24) is 9.55 Å². The highest BCUT2D eigenvalue weighted by molar-refractivity contribution is 7.91. The zero-order chi connectivity index (χ0) is 16.9. The number of rotatable bonds is 3. The Morgan fingerprint density at radius 3 is 2.60 bits per heavy atom. The molecule has 2 aliphatic rings. The number of sulfone groups is 1. The van der Waals surface area contributed by atoms with E-state index < -0.39 is 9.84 Å². The summed E-state index contributed by atoms with van der Waals surface area (Å²) in [6.07, 6.45) is 3.22. The molecular formula is C17H24ClN3O2S2. The van der Waals surface area contributed by atoms with Gasteiger partial charge in [0.05, 0.1) is 17.2 Å². The van der Waals surface area contributed by atoms with Gasteiger partial charge in [0.2, 0.25) is 0 Å². The molecule has 0 bridgehead atoms. The molecule has 138 valence electrons. The van der Waals surface area contributed by atoms with Gasteiger partial charge >= 0.3 is 0 Å². The van der Waals surface area contributed by atoms with E-state index in [0.717, 1.165) is 40.9 Å². The van der Waals surface area contributed by atoms with Crippen molar-refractivity contribution in [2.75, 3.05) is 29.5 Å². The lowest BCUT2D eigenvalue weighted by Gasteiger charge is -2.16. The molecule has 2 fully saturated rings. The van der Waals surface area contributed by atoms with E-state index in [4.69, 9.17) is 4.98 Å². The topological polar surface area (TPSA) is 55.2 Å². The Labute approximate surface area is 159 Å². The summed E-state index contributed by atoms with van der Waals surface area (Å²) >= 11 is 1.71. The molecule has 4 heterocycles. The summed E-state index contributed by atoms with van der Waals surface area (Å²) in [6.45, 7) is 6.36. The van der Waals surface area contributed by atoms with Gasteiger partial charge in [0.1, 0.15) is 0 Å². The molecule has 1 atom stereocenters. The van der Waals surface area contributed by atoms with Crippen molar-refractivity contribution < 1.29 is 8.42 Å². The van der Waals surface area contributed by atoms with Crippen LogP contribution in [0.2, 0.25) is 0 Å². The number of anilines is 1. The first-order valence-electron chi connectivity index (χ1n) is 8.54. The summed E-state index contributed by atoms with van der Waals surface area (Å²) in [5, 5.41) is 3.24. The van der Waals surface area contributed by atoms with E-state index in [0.29, 0.717) is 12.2 Å². The van der Waals surface area contributed by atoms with E-state index in [-0.39, 0.29) is 24.2 Å². The van der Waals surface area contributed by atoms with Crippen LogP contribution in [0.3, 0.4) is 0 Å². The lowest BCUT2D eigenvalue weighted by molar-refractivity contribution is 0.536. The highest BCUT2D eigenvalue weighted by atomic mass is 35.5. The molecule has 2 saturated heterocycles. The van der Waals surface area contributed by atoms with Gasteiger partial charge in [-0.15, -0.1) is 23.7 Å². The summed E-state index contributed by atoms with van der Waals surface area (Å²) in [6, 6.07) is 2.23. The first-order valence-corrected chi connectivity index (χ1v) is 11.2. The van der Waals surface area contributed by atoms with E-state index in [9.17, 15) is 8.42 Å². The Morgan fingerprint density at radius 1 is 1.24 bits per heavy atom. The smallest absolute Gasteiger partial charge is 0.185 e. The highest BCUT2D eigenvalue weighted by Gasteiger charge is 2.31. The normalized spacial score (nSPS) is 22.3. The number of thiazole rings is 1. The second kappa shape index (κ2) is 6.93. The monoisotopic (exact) mass is 401 g/mol. The second-order valence-corrected chi connectivity index (χ2v) is 9.99. The van der Waals surface area contributed by atoms with E-state index in [1.165, 1.54) is 12.8 Å². The minimum absolute atomic E-state index is 0. The Kier molecular flexibility index (Phi) is 5.19. The molecule has 2 aromatic heterocycles. The molecule has 0 amide bonds. The Bertz CT molecular complexity index is 867. The number of aromatic nitrogens is 2. The number of halogens is 1. The zero-order valence-electron chi connectivity index (χ0n) is 14.6. The minimum Gasteiger partial charge on any atom is -0.348 e. The van der Waals surface area contributed by atoms with Crippen molar-refractivity contribution in [3.63, 3.8) is 0 Å². The van der Waals surface area contributed by atoms with E-state index >= 15 is 0 Å². The predicted molar refractivity (Wildman–Crippen MR) is 106 cm³/mol. The van der Waals surface area contributed by atoms with Gasteiger partial charge in [0.15, 0.2) is 15.0 Å². The largest absolute Gasteiger partial charge is 0.348 e. The van der Waals surface area contributed by atoms with Crippen LogP contribution in [0.25, 0.3) is 11.3 Å². The fraction of sp³-hybridized carbons (Fsp3) is 0.588. The molecule has 8 heteroatoms. The lowest BCUT2D eigenvalue weighted by atomic mass is 10.2. The maximum Gasteiger partial charge on any atom is 0.185 e. The highest BCUT2D eigenvalue weighted by Crippen LogP contribution is 2.35. The van der Waals surface area contributed by atoms with Crippen molar-refractivity contribution >= 4 is 38.7 Å². The molecule has 5 nitrogen and oxygen atoms in total. The van der Waals surface area contributed by atoms with E-state index in [1.54, 1.807) is 11.3 Å². The summed E-state index contributed by atoms with van der Waals surface area (Å²) < 4.78 is 25.9. The first-order chi connectivity index (χ1) is 11.4. The lowest BCUT2D eigenvalue weighted by Crippen LogP contribution is -2.17. The Balaban J connectivity index is 0.00000182. The number of hydrogen-bond donors (Lipinski definition) is 0. The van der Waals surface area contributed by atoms with Crippen LogP contribution in [0.15, 0.2) is 11.4 Å². The van der Waals surface area contributed by atoms with Crippen LogP contribution in [0.4, 0.5) is 5.13 Å². The standard InChI is InChI=1S/C17H23N3O2S2.ClH/c1-12-9-15(13(2)20(12)14-5-8-24(21,22)11-14)16-10-23-17(18-16)19-6-3-4-7-19;/h9-10,14H,3-8,11H2,1-2H3;1H. The maximum atomic E-state index is 11.8. The number of aryl methyl sites for hydroxylation is 1. The molecule has 0 N–H and O–H groups in total. The summed E-state index contributed by atoms with van der Waals surface area (Å²) in [7, 11) is -2.88. The number of hydrogen-bond acceptors (Lipinski definition) is 5. The Hall–Kier alpha value is -1.05. The first kappa shape index (κ1) is 18.7. The Morgan fingerprint density at radius 2 is 1.96 bits per heavy atom. The molecule has 2 aromatic rings. The molecule has 0 saturated carbocycles. The van der Waals surface area contributed by atoms with Crippen LogP contribution in [0.5, 0.6) is 0 Å². The SMILES string of the molecule is Cc1cc(-c2csc(N3CCCC3)n2)c(C)n1C1CCS(=O)(=O)C1.Cl. The van der Waals surface area contributed by atoms with E-state index in [2.05, 4.69) is 34.8 Å². The zero-order valence-corrected chi connectivity index (χ0v) is 17.0. The quantitative estimate of drug-likeness (QED) is 0.788. The molecule has 0 spiro atoms. The van der Waals surface area contributed by atoms with Crippen LogP contribution >= 0.6 is 23.7 Å². The van der Waals surface area contributed by atoms with Crippen LogP contribution in [-0.4, -0.2) is 42.6 Å². The fourth-order valence-corrected chi connectivity index (χ4v) is 6.60. The predicted octanol–water partition coefficient (Wildman–Crippen LogP) is 3.61. The molecule has 2 aliphatic heterocycles. The van der Waals surface area contributed by atoms with E-state index in [1.807, 2.05) is 0 Å². The van der Waals surface area contributed by atoms with Crippen molar-refractivity contribution in [3.05, 3.63) is 22.8 Å². The van der Waals surface area contributed by atoms with Crippen molar-refractivity contribution in [2.45, 2.75) is 39.2 Å². The van der Waals surface area contributed by atoms with Gasteiger partial charge < -0.3 is 9.47 Å². The molecule has 0 aromatic carbocycles. The van der Waals surface area contributed by atoms with Crippen LogP contribution in [0, 0.1) is 13.8 Å². The third-order valence-corrected chi connectivity index (χ3v) is 7.85. The maximum absolute atomic E-state index is 11.8. The summed E-state index contributed by atoms with van der Waals surface area (Å²) in [5.74, 6) is 0.568. The molecular weight excluding hydrogens is 378 g/mol. The van der Waals surface area contributed by atoms with Crippen molar-refractivity contribution in [2.24, 2.45) is 0 Å². The van der Waals surface area contributed by atoms with Gasteiger partial charge in [-0.2, -0.15) is 0 Å². The minimum atomic E-state index is -2.88. The average molecular weight is 402 g/mol. The third-order valence-electron chi connectivity index (χ3n) is 5.20. The van der Waals surface area contributed by atoms with Crippen LogP contribution in [0.1, 0.15) is 36.7 Å². The van der Waals surface area contributed by atoms with Crippen LogP contribution in [-0.2, 0) is 9.84 Å². The molecule has 25 heavy (non-hydrogen) atoms. The van der Waals surface area contributed by atoms with Crippen molar-refractivity contribution in [1.29, 1.82) is 0 Å². The summed E-state index contributed by atoms with van der Waals surface area (Å²) in [5.41, 5.74) is 4.41. The van der Waals surface area contributed by atoms with Gasteiger partial charge in [-0.05, 0) is 39.2 Å². The van der Waals surface area contributed by atoms with Crippen molar-refractivity contribution in [3.8, 4) is 11.3 Å². The number of nitrogens with zero attached hydrogens (tertiary/aromatic N) is 3. The molecule has 0 aliphatic carbocycles. The van der Waals surface area contributed by atoms with Gasteiger partial charge in [0.25, 0.3) is 0 Å². The van der Waals surface area contributed by atoms with Crippen LogP contribution < -0.4 is 4.90 Å². The molecule has 1 unspecified atom stereocenters. The average Bonchev–Trinajstić information content (AvgIpc) is 3.26. The summed E-state index contributed by atoms with van der Waals surface area (Å²) in [4.78, 5) is 7.20. The molecule has 4 rings (SSSR count). The van der Waals surface area contributed by atoms with Gasteiger partial charge in [-0.3, -0.25) is 0 Å². The van der Waals surface area contributed by atoms with Gasteiger partial charge in [0, 0.05) is 41.5 Å². The molecule has 0 radical (unpaired) electrons.